The first-order valence-electron chi connectivity index (χ1n) is 13.4. The summed E-state index contributed by atoms with van der Waals surface area (Å²) < 4.78 is 25.7. The molecule has 0 bridgehead atoms. The van der Waals surface area contributed by atoms with Gasteiger partial charge in [-0.15, -0.1) is 0 Å². The van der Waals surface area contributed by atoms with Crippen molar-refractivity contribution >= 4 is 34.9 Å². The molecule has 0 saturated carbocycles. The molecule has 2 aromatic heterocycles. The highest BCUT2D eigenvalue weighted by Gasteiger charge is 2.30. The number of nitrogens with zero attached hydrogens (tertiary/aromatic N) is 6. The van der Waals surface area contributed by atoms with E-state index < -0.39 is 16.1 Å². The molecule has 1 saturated heterocycles. The molecule has 39 heavy (non-hydrogen) atoms. The highest BCUT2D eigenvalue weighted by atomic mass is 35.5. The van der Waals surface area contributed by atoms with Crippen molar-refractivity contribution in [2.24, 2.45) is 4.40 Å². The van der Waals surface area contributed by atoms with Crippen molar-refractivity contribution in [3.8, 4) is 0 Å². The molecule has 11 heteroatoms. The van der Waals surface area contributed by atoms with Crippen LogP contribution in [0.3, 0.4) is 0 Å². The van der Waals surface area contributed by atoms with Crippen molar-refractivity contribution in [3.63, 3.8) is 0 Å². The van der Waals surface area contributed by atoms with Crippen molar-refractivity contribution in [2.45, 2.75) is 77.4 Å². The van der Waals surface area contributed by atoms with Crippen LogP contribution in [-0.4, -0.2) is 48.2 Å². The maximum absolute atomic E-state index is 13.1. The number of halogens is 1. The molecule has 1 aromatic carbocycles. The molecular weight excluding hydrogens is 536 g/mol. The number of ether oxygens (including phenoxy) is 1. The van der Waals surface area contributed by atoms with Crippen LogP contribution in [0.5, 0.6) is 0 Å². The van der Waals surface area contributed by atoms with E-state index in [0.717, 1.165) is 30.5 Å². The Labute approximate surface area is 237 Å². The smallest absolute Gasteiger partial charge is 0.290 e. The SMILES string of the molecule is Cc1ccccc1Cn1nc(/C=N/[S+]([O-])C(C)(C)C)c2c1CCN(c1cnn(C3CCCCO3)c(=O)c1Cl)C2. The van der Waals surface area contributed by atoms with E-state index in [9.17, 15) is 9.35 Å². The van der Waals surface area contributed by atoms with Gasteiger partial charge in [0.1, 0.15) is 33.0 Å². The van der Waals surface area contributed by atoms with Gasteiger partial charge in [0, 0.05) is 37.4 Å². The monoisotopic (exact) mass is 570 g/mol. The summed E-state index contributed by atoms with van der Waals surface area (Å²) in [5.74, 6) is 0. The summed E-state index contributed by atoms with van der Waals surface area (Å²) in [5, 5.41) is 9.48. The van der Waals surface area contributed by atoms with Gasteiger partial charge in [-0.2, -0.15) is 14.9 Å². The number of fused-ring (bicyclic) bond motifs is 1. The molecule has 9 nitrogen and oxygen atoms in total. The molecule has 2 unspecified atom stereocenters. The molecule has 2 aliphatic rings. The fourth-order valence-corrected chi connectivity index (χ4v) is 5.71. The molecule has 3 aromatic rings. The first kappa shape index (κ1) is 27.9. The van der Waals surface area contributed by atoms with E-state index in [1.54, 1.807) is 12.4 Å². The number of anilines is 1. The van der Waals surface area contributed by atoms with E-state index in [1.807, 2.05) is 37.6 Å². The number of hydrogen-bond donors (Lipinski definition) is 0. The summed E-state index contributed by atoms with van der Waals surface area (Å²) in [4.78, 5) is 15.2. The largest absolute Gasteiger partial charge is 0.591 e. The zero-order valence-corrected chi connectivity index (χ0v) is 24.5. The van der Waals surface area contributed by atoms with Gasteiger partial charge < -0.3 is 14.2 Å². The van der Waals surface area contributed by atoms with Crippen LogP contribution in [0.2, 0.25) is 5.02 Å². The van der Waals surface area contributed by atoms with Crippen molar-refractivity contribution in [1.29, 1.82) is 0 Å². The molecule has 4 heterocycles. The van der Waals surface area contributed by atoms with Gasteiger partial charge in [-0.25, -0.2) is 0 Å². The lowest BCUT2D eigenvalue weighted by Gasteiger charge is -2.30. The van der Waals surface area contributed by atoms with Gasteiger partial charge in [-0.3, -0.25) is 9.48 Å². The highest BCUT2D eigenvalue weighted by molar-refractivity contribution is 7.91. The molecule has 0 radical (unpaired) electrons. The van der Waals surface area contributed by atoms with E-state index >= 15 is 0 Å². The predicted molar refractivity (Wildman–Crippen MR) is 155 cm³/mol. The second-order valence-corrected chi connectivity index (χ2v) is 13.4. The maximum Gasteiger partial charge on any atom is 0.290 e. The van der Waals surface area contributed by atoms with Crippen molar-refractivity contribution < 1.29 is 9.29 Å². The summed E-state index contributed by atoms with van der Waals surface area (Å²) in [5.41, 5.74) is 5.40. The molecule has 0 N–H and O–H groups in total. The van der Waals surface area contributed by atoms with Crippen molar-refractivity contribution in [3.05, 3.63) is 73.9 Å². The molecule has 2 atom stereocenters. The number of hydrogen-bond acceptors (Lipinski definition) is 7. The van der Waals surface area contributed by atoms with Crippen LogP contribution < -0.4 is 10.5 Å². The van der Waals surface area contributed by atoms with Crippen LogP contribution >= 0.6 is 11.6 Å². The lowest BCUT2D eigenvalue weighted by Crippen LogP contribution is -2.36. The van der Waals surface area contributed by atoms with Gasteiger partial charge in [-0.05, 0) is 58.1 Å². The van der Waals surface area contributed by atoms with E-state index in [2.05, 4.69) is 33.5 Å². The summed E-state index contributed by atoms with van der Waals surface area (Å²) in [6.45, 7) is 10.2. The summed E-state index contributed by atoms with van der Waals surface area (Å²) in [7, 11) is 0. The third-order valence-electron chi connectivity index (χ3n) is 7.24. The second-order valence-electron chi connectivity index (χ2n) is 11.1. The number of rotatable bonds is 6. The quantitative estimate of drug-likeness (QED) is 0.317. The van der Waals surface area contributed by atoms with Crippen LogP contribution in [-0.2, 0) is 35.6 Å². The van der Waals surface area contributed by atoms with Crippen LogP contribution in [0.4, 0.5) is 5.69 Å². The van der Waals surface area contributed by atoms with Gasteiger partial charge in [0.25, 0.3) is 5.56 Å². The number of benzene rings is 1. The fraction of sp³-hybridized carbons (Fsp3) is 0.500. The number of aryl methyl sites for hydroxylation is 1. The Kier molecular flexibility index (Phi) is 8.19. The number of aromatic nitrogens is 4. The van der Waals surface area contributed by atoms with Crippen molar-refractivity contribution in [2.75, 3.05) is 18.1 Å². The Morgan fingerprint density at radius 1 is 1.28 bits per heavy atom. The lowest BCUT2D eigenvalue weighted by atomic mass is 10.0. The fourth-order valence-electron chi connectivity index (χ4n) is 4.94. The summed E-state index contributed by atoms with van der Waals surface area (Å²) in [6, 6.07) is 8.26. The Balaban J connectivity index is 1.48. The van der Waals surface area contributed by atoms with E-state index in [0.29, 0.717) is 44.0 Å². The first-order chi connectivity index (χ1) is 18.6. The zero-order chi connectivity index (χ0) is 27.7. The van der Waals surface area contributed by atoms with Gasteiger partial charge in [0.2, 0.25) is 0 Å². The molecule has 0 spiro atoms. The van der Waals surface area contributed by atoms with Crippen molar-refractivity contribution in [1.82, 2.24) is 19.6 Å². The predicted octanol–water partition coefficient (Wildman–Crippen LogP) is 4.59. The standard InChI is InChI=1S/C28H35ClN6O3S/c1-19-9-5-6-10-20(19)17-34-23-12-13-33(18-21(23)22(32-34)15-31-39(37)28(2,3)4)24-16-30-35(27(36)26(24)29)25-11-7-8-14-38-25/h5-6,9-10,15-16,25H,7-8,11-14,17-18H2,1-4H3/b31-15+. The normalized spacial score (nSPS) is 18.9. The van der Waals surface area contributed by atoms with E-state index in [4.69, 9.17) is 21.4 Å². The average Bonchev–Trinajstić information content (AvgIpc) is 3.26. The van der Waals surface area contributed by atoms with Crippen LogP contribution in [0.15, 0.2) is 39.7 Å². The molecule has 0 amide bonds. The molecule has 2 aliphatic heterocycles. The Morgan fingerprint density at radius 3 is 2.79 bits per heavy atom. The Hall–Kier alpha value is -2.66. The van der Waals surface area contributed by atoms with Crippen LogP contribution in [0, 0.1) is 6.92 Å². The van der Waals surface area contributed by atoms with E-state index in [-0.39, 0.29) is 16.8 Å². The average molecular weight is 571 g/mol. The lowest BCUT2D eigenvalue weighted by molar-refractivity contribution is -0.0424. The third kappa shape index (κ3) is 5.94. The minimum atomic E-state index is -1.41. The molecule has 1 fully saturated rings. The highest BCUT2D eigenvalue weighted by Crippen LogP contribution is 2.31. The zero-order valence-electron chi connectivity index (χ0n) is 22.9. The van der Waals surface area contributed by atoms with Gasteiger partial charge >= 0.3 is 0 Å². The van der Waals surface area contributed by atoms with Crippen LogP contribution in [0.1, 0.15) is 74.3 Å². The minimum Gasteiger partial charge on any atom is -0.591 e. The molecule has 0 aliphatic carbocycles. The second kappa shape index (κ2) is 11.4. The molecular formula is C28H35ClN6O3S. The van der Waals surface area contributed by atoms with Gasteiger partial charge in [-0.1, -0.05) is 40.3 Å². The summed E-state index contributed by atoms with van der Waals surface area (Å²) in [6.07, 6.45) is 6.33. The molecule has 208 valence electrons. The maximum atomic E-state index is 13.1. The summed E-state index contributed by atoms with van der Waals surface area (Å²) >= 11 is 5.23. The van der Waals surface area contributed by atoms with Gasteiger partial charge in [0.15, 0.2) is 6.23 Å². The Morgan fingerprint density at radius 2 is 2.08 bits per heavy atom. The van der Waals surface area contributed by atoms with E-state index in [1.165, 1.54) is 15.8 Å². The minimum absolute atomic E-state index is 0.138. The topological polar surface area (TPSA) is 101 Å². The molecule has 5 rings (SSSR count). The third-order valence-corrected chi connectivity index (χ3v) is 8.94. The first-order valence-corrected chi connectivity index (χ1v) is 14.8. The van der Waals surface area contributed by atoms with Gasteiger partial charge in [0.05, 0.1) is 18.4 Å². The van der Waals surface area contributed by atoms with Crippen LogP contribution in [0.25, 0.3) is 0 Å². The Bertz CT molecular complexity index is 1420.